The molecule has 0 heterocycles. The molecule has 0 aromatic rings. The summed E-state index contributed by atoms with van der Waals surface area (Å²) in [5.41, 5.74) is 3.34. The van der Waals surface area contributed by atoms with E-state index in [1.165, 1.54) is 12.8 Å². The minimum Gasteiger partial charge on any atom is -0.0715 e. The van der Waals surface area contributed by atoms with Gasteiger partial charge in [-0.25, -0.2) is 0 Å². The van der Waals surface area contributed by atoms with Gasteiger partial charge in [0.2, 0.25) is 0 Å². The molecule has 8 heavy (non-hydrogen) atoms. The number of hydrogen-bond acceptors (Lipinski definition) is 0. The zero-order valence-electron chi connectivity index (χ0n) is 5.99. The Labute approximate surface area is 51.6 Å². The van der Waals surface area contributed by atoms with Crippen molar-refractivity contribution in [2.24, 2.45) is 5.92 Å². The van der Waals surface area contributed by atoms with Crippen molar-refractivity contribution < 1.29 is 0 Å². The van der Waals surface area contributed by atoms with Crippen molar-refractivity contribution in [3.8, 4) is 0 Å². The quantitative estimate of drug-likeness (QED) is 0.455. The highest BCUT2D eigenvalue weighted by atomic mass is 14.2. The predicted molar refractivity (Wildman–Crippen MR) is 36.8 cm³/mol. The summed E-state index contributed by atoms with van der Waals surface area (Å²) in [4.78, 5) is 0. The molecule has 0 unspecified atom stereocenters. The molecule has 0 nitrogen and oxygen atoms in total. The third-order valence-corrected chi connectivity index (χ3v) is 1.92. The van der Waals surface area contributed by atoms with Crippen LogP contribution in [0.4, 0.5) is 0 Å². The largest absolute Gasteiger partial charge is 0.0715 e. The smallest absolute Gasteiger partial charge is 0.0260 e. The molecular formula is C8H14. The van der Waals surface area contributed by atoms with Crippen molar-refractivity contribution in [2.75, 3.05) is 0 Å². The fourth-order valence-corrected chi connectivity index (χ4v) is 0.865. The fourth-order valence-electron chi connectivity index (χ4n) is 0.865. The Kier molecular flexibility index (Phi) is 1.41. The molecule has 0 spiro atoms. The summed E-state index contributed by atoms with van der Waals surface area (Å²) in [5.74, 6) is 0.785. The van der Waals surface area contributed by atoms with E-state index >= 15 is 0 Å². The van der Waals surface area contributed by atoms with E-state index in [4.69, 9.17) is 0 Å². The van der Waals surface area contributed by atoms with Gasteiger partial charge in [-0.2, -0.15) is 0 Å². The first-order valence-electron chi connectivity index (χ1n) is 3.40. The van der Waals surface area contributed by atoms with Crippen molar-refractivity contribution in [3.05, 3.63) is 11.1 Å². The van der Waals surface area contributed by atoms with E-state index in [1.807, 2.05) is 0 Å². The summed E-state index contributed by atoms with van der Waals surface area (Å²) in [6.07, 6.45) is 2.76. The van der Waals surface area contributed by atoms with Crippen LogP contribution in [0.15, 0.2) is 11.1 Å². The highest BCUT2D eigenvalue weighted by Gasteiger charge is 2.15. The van der Waals surface area contributed by atoms with Gasteiger partial charge in [0.1, 0.15) is 0 Å². The Balaban J connectivity index is 2.56. The normalized spacial score (nSPS) is 17.2. The molecule has 0 aromatic heterocycles. The lowest BCUT2D eigenvalue weighted by Crippen LogP contribution is -1.86. The second-order valence-corrected chi connectivity index (χ2v) is 2.94. The average molecular weight is 110 g/mol. The molecule has 46 valence electrons. The molecule has 1 saturated carbocycles. The third-order valence-electron chi connectivity index (χ3n) is 1.92. The molecule has 0 aliphatic heterocycles. The Hall–Kier alpha value is -0.260. The van der Waals surface area contributed by atoms with Crippen LogP contribution in [0.1, 0.15) is 33.6 Å². The molecular weight excluding hydrogens is 96.1 g/mol. The first kappa shape index (κ1) is 5.87. The van der Waals surface area contributed by atoms with Gasteiger partial charge < -0.3 is 0 Å². The molecule has 1 fully saturated rings. The molecule has 0 aromatic carbocycles. The zero-order chi connectivity index (χ0) is 6.15. The van der Waals surface area contributed by atoms with E-state index in [1.54, 1.807) is 11.1 Å². The van der Waals surface area contributed by atoms with Gasteiger partial charge in [0, 0.05) is 0 Å². The maximum Gasteiger partial charge on any atom is -0.0260 e. The first-order chi connectivity index (χ1) is 3.72. The van der Waals surface area contributed by atoms with Crippen molar-refractivity contribution in [1.82, 2.24) is 0 Å². The monoisotopic (exact) mass is 110 g/mol. The van der Waals surface area contributed by atoms with Gasteiger partial charge in [0.05, 0.1) is 0 Å². The lowest BCUT2D eigenvalue weighted by Gasteiger charge is -2.01. The average Bonchev–Trinajstić information content (AvgIpc) is 2.43. The lowest BCUT2D eigenvalue weighted by atomic mass is 10.1. The highest BCUT2D eigenvalue weighted by Crippen LogP contribution is 2.34. The van der Waals surface area contributed by atoms with Gasteiger partial charge in [-0.1, -0.05) is 25.0 Å². The summed E-state index contributed by atoms with van der Waals surface area (Å²) >= 11 is 0. The van der Waals surface area contributed by atoms with Crippen molar-refractivity contribution in [2.45, 2.75) is 33.6 Å². The standard InChI is InChI=1S/C8H14/c1-6(2)7(3)8-4-5-8/h6H,4-5H2,1-3H3. The van der Waals surface area contributed by atoms with Gasteiger partial charge in [0.25, 0.3) is 0 Å². The summed E-state index contributed by atoms with van der Waals surface area (Å²) in [5, 5.41) is 0. The SMILES string of the molecule is CC(=C1CC1)C(C)C. The molecule has 0 atom stereocenters. The fraction of sp³-hybridized carbons (Fsp3) is 0.750. The Morgan fingerprint density at radius 1 is 1.38 bits per heavy atom. The van der Waals surface area contributed by atoms with E-state index in [2.05, 4.69) is 20.8 Å². The number of hydrogen-bond donors (Lipinski definition) is 0. The lowest BCUT2D eigenvalue weighted by molar-refractivity contribution is 0.765. The van der Waals surface area contributed by atoms with Crippen LogP contribution in [-0.2, 0) is 0 Å². The molecule has 0 saturated heterocycles. The topological polar surface area (TPSA) is 0 Å². The van der Waals surface area contributed by atoms with Gasteiger partial charge in [-0.05, 0) is 25.7 Å². The summed E-state index contributed by atoms with van der Waals surface area (Å²) < 4.78 is 0. The van der Waals surface area contributed by atoms with E-state index in [9.17, 15) is 0 Å². The van der Waals surface area contributed by atoms with Crippen molar-refractivity contribution >= 4 is 0 Å². The zero-order valence-corrected chi connectivity index (χ0v) is 5.99. The number of allylic oxidation sites excluding steroid dienone is 2. The van der Waals surface area contributed by atoms with Crippen molar-refractivity contribution in [1.29, 1.82) is 0 Å². The highest BCUT2D eigenvalue weighted by molar-refractivity contribution is 5.24. The molecule has 0 radical (unpaired) electrons. The van der Waals surface area contributed by atoms with E-state index < -0.39 is 0 Å². The molecule has 1 aliphatic rings. The van der Waals surface area contributed by atoms with Crippen LogP contribution in [0.25, 0.3) is 0 Å². The summed E-state index contributed by atoms with van der Waals surface area (Å²) in [6, 6.07) is 0. The molecule has 0 amide bonds. The Morgan fingerprint density at radius 3 is 2.00 bits per heavy atom. The Morgan fingerprint density at radius 2 is 1.88 bits per heavy atom. The second-order valence-electron chi connectivity index (χ2n) is 2.94. The van der Waals surface area contributed by atoms with Crippen LogP contribution in [-0.4, -0.2) is 0 Å². The molecule has 0 bridgehead atoms. The van der Waals surface area contributed by atoms with Crippen LogP contribution in [0, 0.1) is 5.92 Å². The van der Waals surface area contributed by atoms with Crippen LogP contribution in [0.3, 0.4) is 0 Å². The maximum absolute atomic E-state index is 2.26. The van der Waals surface area contributed by atoms with E-state index in [0.717, 1.165) is 5.92 Å². The Bertz CT molecular complexity index is 112. The third kappa shape index (κ3) is 1.12. The van der Waals surface area contributed by atoms with Gasteiger partial charge >= 0.3 is 0 Å². The summed E-state index contributed by atoms with van der Waals surface area (Å²) in [6.45, 7) is 6.79. The molecule has 0 N–H and O–H groups in total. The first-order valence-corrected chi connectivity index (χ1v) is 3.40. The van der Waals surface area contributed by atoms with Crippen LogP contribution < -0.4 is 0 Å². The molecule has 1 aliphatic carbocycles. The van der Waals surface area contributed by atoms with Gasteiger partial charge in [-0.15, -0.1) is 0 Å². The van der Waals surface area contributed by atoms with Gasteiger partial charge in [0.15, 0.2) is 0 Å². The maximum atomic E-state index is 2.26. The summed E-state index contributed by atoms with van der Waals surface area (Å²) in [7, 11) is 0. The molecule has 1 rings (SSSR count). The van der Waals surface area contributed by atoms with E-state index in [0.29, 0.717) is 0 Å². The minimum absolute atomic E-state index is 0.785. The molecule has 0 heteroatoms. The minimum atomic E-state index is 0.785. The van der Waals surface area contributed by atoms with Crippen molar-refractivity contribution in [3.63, 3.8) is 0 Å². The number of rotatable bonds is 1. The van der Waals surface area contributed by atoms with Crippen LogP contribution in [0.5, 0.6) is 0 Å². The second kappa shape index (κ2) is 1.93. The van der Waals surface area contributed by atoms with E-state index in [-0.39, 0.29) is 0 Å². The van der Waals surface area contributed by atoms with Crippen LogP contribution in [0.2, 0.25) is 0 Å². The van der Waals surface area contributed by atoms with Gasteiger partial charge in [-0.3, -0.25) is 0 Å². The predicted octanol–water partition coefficient (Wildman–Crippen LogP) is 2.75. The van der Waals surface area contributed by atoms with Crippen LogP contribution >= 0.6 is 0 Å².